The third kappa shape index (κ3) is 9.30. The van der Waals surface area contributed by atoms with Crippen molar-refractivity contribution in [3.05, 3.63) is 70.7 Å². The van der Waals surface area contributed by atoms with E-state index in [9.17, 15) is 36.7 Å². The second-order valence-corrected chi connectivity index (χ2v) is 14.1. The van der Waals surface area contributed by atoms with Crippen LogP contribution in [0.5, 0.6) is 0 Å². The molecule has 2 aromatic carbocycles. The van der Waals surface area contributed by atoms with E-state index in [-0.39, 0.29) is 54.7 Å². The average Bonchev–Trinajstić information content (AvgIpc) is 3.46. The minimum absolute atomic E-state index is 0.0228. The van der Waals surface area contributed by atoms with Gasteiger partial charge in [0, 0.05) is 24.0 Å². The van der Waals surface area contributed by atoms with Gasteiger partial charge in [-0.1, -0.05) is 70.9 Å². The van der Waals surface area contributed by atoms with Crippen LogP contribution in [0.3, 0.4) is 0 Å². The molecule has 4 unspecified atom stereocenters. The summed E-state index contributed by atoms with van der Waals surface area (Å²) in [6.45, 7) is 7.75. The summed E-state index contributed by atoms with van der Waals surface area (Å²) < 4.78 is 61.9. The van der Waals surface area contributed by atoms with Gasteiger partial charge >= 0.3 is 12.1 Å². The molecule has 284 valence electrons. The number of fused-ring (bicyclic) bond motifs is 3. The zero-order valence-electron chi connectivity index (χ0n) is 30.5. The molecule has 1 aromatic heterocycles. The first-order chi connectivity index (χ1) is 24.5. The van der Waals surface area contributed by atoms with Crippen LogP contribution >= 0.6 is 0 Å². The number of H-pyrrole nitrogens is 1. The lowest BCUT2D eigenvalue weighted by atomic mass is 9.78. The van der Waals surface area contributed by atoms with Crippen molar-refractivity contribution in [2.75, 3.05) is 27.2 Å². The Hall–Kier alpha value is -4.46. The second kappa shape index (κ2) is 16.9. The topological polar surface area (TPSA) is 133 Å². The highest BCUT2D eigenvalue weighted by Crippen LogP contribution is 2.40. The summed E-state index contributed by atoms with van der Waals surface area (Å²) in [6.07, 6.45) is -4.12. The van der Waals surface area contributed by atoms with E-state index < -0.39 is 64.8 Å². The molecule has 10 nitrogen and oxygen atoms in total. The fraction of sp³-hybridized carbons (Fsp3) is 0.526. The fourth-order valence-corrected chi connectivity index (χ4v) is 6.49. The maximum atomic E-state index is 14.6. The first kappa shape index (κ1) is 40.3. The number of aromatic nitrogens is 1. The molecule has 3 aromatic rings. The lowest BCUT2D eigenvalue weighted by molar-refractivity contribution is -0.151. The minimum atomic E-state index is -4.64. The van der Waals surface area contributed by atoms with E-state index in [1.54, 1.807) is 19.9 Å². The number of carbonyl (C=O) groups is 4. The molecular formula is C38H49F4N5O5. The molecule has 4 N–H and O–H groups in total. The molecule has 5 atom stereocenters. The smallest absolute Gasteiger partial charge is 0.418 e. The SMILES string of the molecule is CCC(C)C(NC(=O)Cc1ccccc1F)C(=O)N[C@]1(C(=O)NC(C(=O)OCCN(C)C)C(C)CC)CCc2[nH]c3c(C(F)(F)F)cccc3c2C1. The first-order valence-corrected chi connectivity index (χ1v) is 17.7. The molecular weight excluding hydrogens is 682 g/mol. The van der Waals surface area contributed by atoms with Crippen molar-refractivity contribution in [1.29, 1.82) is 0 Å². The molecule has 52 heavy (non-hydrogen) atoms. The van der Waals surface area contributed by atoms with Gasteiger partial charge in [-0.05, 0) is 62.0 Å². The lowest BCUT2D eigenvalue weighted by Crippen LogP contribution is -2.67. The van der Waals surface area contributed by atoms with Gasteiger partial charge in [0.15, 0.2) is 0 Å². The molecule has 0 spiro atoms. The van der Waals surface area contributed by atoms with Crippen LogP contribution in [0.15, 0.2) is 42.5 Å². The molecule has 14 heteroatoms. The number of hydrogen-bond acceptors (Lipinski definition) is 6. The van der Waals surface area contributed by atoms with E-state index >= 15 is 0 Å². The number of likely N-dealkylation sites (N-methyl/N-ethyl adjacent to an activating group) is 1. The Bertz CT molecular complexity index is 1760. The van der Waals surface area contributed by atoms with Crippen LogP contribution in [0.4, 0.5) is 17.6 Å². The summed E-state index contributed by atoms with van der Waals surface area (Å²) >= 11 is 0. The molecule has 4 rings (SSSR count). The molecule has 0 radical (unpaired) electrons. The van der Waals surface area contributed by atoms with Crippen molar-refractivity contribution in [3.63, 3.8) is 0 Å². The third-order valence-electron chi connectivity index (χ3n) is 10.1. The van der Waals surface area contributed by atoms with Gasteiger partial charge in [-0.3, -0.25) is 14.4 Å². The fourth-order valence-electron chi connectivity index (χ4n) is 6.49. The Morgan fingerprint density at radius 2 is 1.63 bits per heavy atom. The Labute approximate surface area is 301 Å². The minimum Gasteiger partial charge on any atom is -0.463 e. The van der Waals surface area contributed by atoms with Crippen molar-refractivity contribution in [2.45, 2.75) is 90.0 Å². The van der Waals surface area contributed by atoms with Gasteiger partial charge in [0.1, 0.15) is 30.0 Å². The van der Waals surface area contributed by atoms with Crippen LogP contribution in [0.1, 0.15) is 69.3 Å². The van der Waals surface area contributed by atoms with E-state index in [0.29, 0.717) is 30.6 Å². The van der Waals surface area contributed by atoms with Gasteiger partial charge < -0.3 is 30.6 Å². The second-order valence-electron chi connectivity index (χ2n) is 14.1. The molecule has 1 heterocycles. The number of ether oxygens (including phenoxy) is 1. The van der Waals surface area contributed by atoms with Crippen molar-refractivity contribution >= 4 is 34.6 Å². The van der Waals surface area contributed by atoms with E-state index in [2.05, 4.69) is 20.9 Å². The summed E-state index contributed by atoms with van der Waals surface area (Å²) in [4.78, 5) is 60.1. The number of esters is 1. The molecule has 1 aliphatic rings. The molecule has 0 saturated heterocycles. The standard InChI is InChI=1S/C38H49F4N5O5/c1-7-22(3)31(44-30(48)20-24-12-9-10-15-28(24)39)34(49)46-37(36(51)45-32(23(4)8-2)35(50)52-19-18-47(5)6)17-16-29-26(21-37)25-13-11-14-27(33(25)43-29)38(40,41)42/h9-15,22-23,31-32,43H,7-8,16-21H2,1-6H3,(H,44,48)(H,45,51)(H,46,49)/t22?,23?,31?,32?,37-/m1/s1. The summed E-state index contributed by atoms with van der Waals surface area (Å²) in [6, 6.07) is 7.37. The number of halogens is 4. The predicted octanol–water partition coefficient (Wildman–Crippen LogP) is 5.08. The van der Waals surface area contributed by atoms with Crippen LogP contribution in [-0.4, -0.2) is 78.4 Å². The van der Waals surface area contributed by atoms with Gasteiger partial charge in [0.2, 0.25) is 17.7 Å². The summed E-state index contributed by atoms with van der Waals surface area (Å²) in [7, 11) is 3.64. The Kier molecular flexibility index (Phi) is 13.1. The van der Waals surface area contributed by atoms with E-state index in [4.69, 9.17) is 4.74 Å². The summed E-state index contributed by atoms with van der Waals surface area (Å²) in [5, 5.41) is 8.70. The van der Waals surface area contributed by atoms with Crippen LogP contribution in [0.25, 0.3) is 10.9 Å². The van der Waals surface area contributed by atoms with Gasteiger partial charge in [0.25, 0.3) is 0 Å². The highest BCUT2D eigenvalue weighted by molar-refractivity contribution is 5.98. The van der Waals surface area contributed by atoms with E-state index in [1.165, 1.54) is 30.3 Å². The number of nitrogens with one attached hydrogen (secondary N) is 4. The summed E-state index contributed by atoms with van der Waals surface area (Å²) in [5.74, 6) is -4.02. The predicted molar refractivity (Wildman–Crippen MR) is 189 cm³/mol. The van der Waals surface area contributed by atoms with Gasteiger partial charge in [-0.25, -0.2) is 9.18 Å². The number of alkyl halides is 3. The highest BCUT2D eigenvalue weighted by Gasteiger charge is 2.47. The van der Waals surface area contributed by atoms with Gasteiger partial charge in [-0.2, -0.15) is 13.2 Å². The average molecular weight is 732 g/mol. The number of rotatable bonds is 15. The third-order valence-corrected chi connectivity index (χ3v) is 10.1. The van der Waals surface area contributed by atoms with Crippen LogP contribution in [-0.2, 0) is 49.4 Å². The number of carbonyl (C=O) groups excluding carboxylic acids is 4. The monoisotopic (exact) mass is 731 g/mol. The number of nitrogens with zero attached hydrogens (tertiary/aromatic N) is 1. The normalized spacial score (nSPS) is 18.2. The van der Waals surface area contributed by atoms with Crippen LogP contribution in [0.2, 0.25) is 0 Å². The van der Waals surface area contributed by atoms with Crippen molar-refractivity contribution in [3.8, 4) is 0 Å². The largest absolute Gasteiger partial charge is 0.463 e. The Balaban J connectivity index is 1.72. The molecule has 0 bridgehead atoms. The van der Waals surface area contributed by atoms with Crippen LogP contribution in [0, 0.1) is 17.7 Å². The molecule has 0 aliphatic heterocycles. The van der Waals surface area contributed by atoms with Crippen molar-refractivity contribution < 1.29 is 41.5 Å². The quantitative estimate of drug-likeness (QED) is 0.127. The molecule has 0 fully saturated rings. The maximum absolute atomic E-state index is 14.6. The molecule has 3 amide bonds. The number of para-hydroxylation sites is 1. The van der Waals surface area contributed by atoms with Gasteiger partial charge in [-0.15, -0.1) is 0 Å². The maximum Gasteiger partial charge on any atom is 0.418 e. The number of aryl methyl sites for hydroxylation is 1. The van der Waals surface area contributed by atoms with Crippen molar-refractivity contribution in [2.24, 2.45) is 11.8 Å². The summed E-state index contributed by atoms with van der Waals surface area (Å²) in [5.41, 5.74) is -1.63. The van der Waals surface area contributed by atoms with Gasteiger partial charge in [0.05, 0.1) is 17.5 Å². The van der Waals surface area contributed by atoms with E-state index in [0.717, 1.165) is 6.07 Å². The van der Waals surface area contributed by atoms with Crippen LogP contribution < -0.4 is 16.0 Å². The number of benzene rings is 2. The highest BCUT2D eigenvalue weighted by atomic mass is 19.4. The number of hydrogen-bond donors (Lipinski definition) is 4. The zero-order chi connectivity index (χ0) is 38.4. The zero-order valence-corrected chi connectivity index (χ0v) is 30.5. The number of aromatic amines is 1. The Morgan fingerprint density at radius 3 is 2.27 bits per heavy atom. The van der Waals surface area contributed by atoms with Crippen molar-refractivity contribution in [1.82, 2.24) is 25.8 Å². The Morgan fingerprint density at radius 1 is 0.962 bits per heavy atom. The first-order valence-electron chi connectivity index (χ1n) is 17.7. The van der Waals surface area contributed by atoms with E-state index in [1.807, 2.05) is 32.8 Å². The number of amides is 3. The molecule has 1 aliphatic carbocycles. The molecule has 0 saturated carbocycles. The lowest BCUT2D eigenvalue weighted by Gasteiger charge is -2.39.